The molecule has 2 heteroatoms. The summed E-state index contributed by atoms with van der Waals surface area (Å²) in [5, 5.41) is 9.33. The molecular weight excluding hydrogens is 140 g/mol. The van der Waals surface area contributed by atoms with Crippen molar-refractivity contribution in [2.45, 2.75) is 56.8 Å². The van der Waals surface area contributed by atoms with E-state index in [-0.39, 0.29) is 6.10 Å². The highest BCUT2D eigenvalue weighted by molar-refractivity contribution is 4.79. The molecule has 2 unspecified atom stereocenters. The minimum absolute atomic E-state index is 0.0903. The van der Waals surface area contributed by atoms with Gasteiger partial charge in [-0.2, -0.15) is 0 Å². The molecule has 0 radical (unpaired) electrons. The lowest BCUT2D eigenvalue weighted by Crippen LogP contribution is -2.26. The Labute approximate surface area is 67.6 Å². The Morgan fingerprint density at radius 2 is 1.82 bits per heavy atom. The van der Waals surface area contributed by atoms with Crippen molar-refractivity contribution in [3.63, 3.8) is 0 Å². The Morgan fingerprint density at radius 3 is 2.45 bits per heavy atom. The molecule has 64 valence electrons. The third-order valence-electron chi connectivity index (χ3n) is 2.51. The van der Waals surface area contributed by atoms with Crippen molar-refractivity contribution in [3.8, 4) is 0 Å². The monoisotopic (exact) mass is 156 g/mol. The van der Waals surface area contributed by atoms with Crippen LogP contribution in [0, 0.1) is 0 Å². The second-order valence-electron chi connectivity index (χ2n) is 3.78. The summed E-state index contributed by atoms with van der Waals surface area (Å²) >= 11 is 0. The average Bonchev–Trinajstić information content (AvgIpc) is 2.71. The van der Waals surface area contributed by atoms with Crippen molar-refractivity contribution < 1.29 is 9.84 Å². The number of ether oxygens (including phenoxy) is 1. The van der Waals surface area contributed by atoms with Gasteiger partial charge in [-0.05, 0) is 38.5 Å². The van der Waals surface area contributed by atoms with Crippen LogP contribution in [-0.4, -0.2) is 23.4 Å². The number of rotatable bonds is 2. The number of hydrogen-bond acceptors (Lipinski definition) is 2. The van der Waals surface area contributed by atoms with E-state index in [4.69, 9.17) is 4.74 Å². The van der Waals surface area contributed by atoms with Gasteiger partial charge in [-0.15, -0.1) is 0 Å². The van der Waals surface area contributed by atoms with Gasteiger partial charge in [0.25, 0.3) is 0 Å². The van der Waals surface area contributed by atoms with Crippen molar-refractivity contribution in [1.29, 1.82) is 0 Å². The van der Waals surface area contributed by atoms with Gasteiger partial charge in [-0.25, -0.2) is 0 Å². The molecule has 2 aliphatic rings. The van der Waals surface area contributed by atoms with E-state index in [2.05, 4.69) is 0 Å². The lowest BCUT2D eigenvalue weighted by Gasteiger charge is -2.25. The molecule has 0 aromatic heterocycles. The molecule has 0 aromatic rings. The Morgan fingerprint density at radius 1 is 1.00 bits per heavy atom. The maximum Gasteiger partial charge on any atom is 0.0603 e. The number of hydrogen-bond donors (Lipinski definition) is 1. The van der Waals surface area contributed by atoms with Crippen molar-refractivity contribution in [2.75, 3.05) is 0 Å². The first-order chi connectivity index (χ1) is 5.34. The summed E-state index contributed by atoms with van der Waals surface area (Å²) in [6.07, 6.45) is 7.45. The zero-order valence-corrected chi connectivity index (χ0v) is 6.83. The van der Waals surface area contributed by atoms with Crippen LogP contribution in [0.15, 0.2) is 0 Å². The maximum atomic E-state index is 9.33. The third kappa shape index (κ3) is 2.17. The molecule has 2 atom stereocenters. The lowest BCUT2D eigenvalue weighted by atomic mass is 9.95. The Balaban J connectivity index is 1.73. The van der Waals surface area contributed by atoms with Gasteiger partial charge in [0, 0.05) is 0 Å². The molecule has 0 saturated heterocycles. The highest BCUT2D eigenvalue weighted by Crippen LogP contribution is 2.30. The second-order valence-corrected chi connectivity index (χ2v) is 3.78. The molecule has 11 heavy (non-hydrogen) atoms. The van der Waals surface area contributed by atoms with Crippen LogP contribution in [0.3, 0.4) is 0 Å². The van der Waals surface area contributed by atoms with Gasteiger partial charge in [-0.1, -0.05) is 0 Å². The van der Waals surface area contributed by atoms with Crippen LogP contribution in [-0.2, 0) is 4.74 Å². The average molecular weight is 156 g/mol. The number of aliphatic hydroxyl groups is 1. The van der Waals surface area contributed by atoms with E-state index >= 15 is 0 Å². The highest BCUT2D eigenvalue weighted by Gasteiger charge is 2.29. The van der Waals surface area contributed by atoms with E-state index in [9.17, 15) is 5.11 Å². The topological polar surface area (TPSA) is 29.5 Å². The fourth-order valence-corrected chi connectivity index (χ4v) is 1.72. The van der Waals surface area contributed by atoms with Crippen molar-refractivity contribution in [2.24, 2.45) is 0 Å². The molecule has 0 heterocycles. The summed E-state index contributed by atoms with van der Waals surface area (Å²) in [7, 11) is 0. The minimum atomic E-state index is -0.0903. The van der Waals surface area contributed by atoms with Crippen LogP contribution < -0.4 is 0 Å². The van der Waals surface area contributed by atoms with Crippen molar-refractivity contribution in [1.82, 2.24) is 0 Å². The standard InChI is InChI=1S/C9H16O2/c10-7-2-1-3-9(6-7)11-8-4-5-8/h7-10H,1-6H2. The van der Waals surface area contributed by atoms with E-state index in [1.165, 1.54) is 12.8 Å². The molecule has 0 aliphatic heterocycles. The first-order valence-corrected chi connectivity index (χ1v) is 4.68. The van der Waals surface area contributed by atoms with E-state index in [0.29, 0.717) is 12.2 Å². The summed E-state index contributed by atoms with van der Waals surface area (Å²) in [5.74, 6) is 0. The summed E-state index contributed by atoms with van der Waals surface area (Å²) in [5.41, 5.74) is 0. The van der Waals surface area contributed by atoms with Crippen LogP contribution >= 0.6 is 0 Å². The number of aliphatic hydroxyl groups excluding tert-OH is 1. The van der Waals surface area contributed by atoms with Crippen molar-refractivity contribution in [3.05, 3.63) is 0 Å². The molecular formula is C9H16O2. The highest BCUT2D eigenvalue weighted by atomic mass is 16.5. The summed E-state index contributed by atoms with van der Waals surface area (Å²) in [6, 6.07) is 0. The summed E-state index contributed by atoms with van der Waals surface area (Å²) < 4.78 is 5.71. The van der Waals surface area contributed by atoms with Crippen molar-refractivity contribution >= 4 is 0 Å². The molecule has 2 nitrogen and oxygen atoms in total. The van der Waals surface area contributed by atoms with Gasteiger partial charge >= 0.3 is 0 Å². The Bertz CT molecular complexity index is 130. The van der Waals surface area contributed by atoms with Crippen LogP contribution in [0.25, 0.3) is 0 Å². The van der Waals surface area contributed by atoms with E-state index in [1.807, 2.05) is 0 Å². The Hall–Kier alpha value is -0.0800. The summed E-state index contributed by atoms with van der Waals surface area (Å²) in [6.45, 7) is 0. The molecule has 2 aliphatic carbocycles. The Kier molecular flexibility index (Phi) is 2.14. The van der Waals surface area contributed by atoms with Gasteiger partial charge < -0.3 is 9.84 Å². The van der Waals surface area contributed by atoms with Crippen LogP contribution in [0.4, 0.5) is 0 Å². The molecule has 2 rings (SSSR count). The normalized spacial score (nSPS) is 39.0. The maximum absolute atomic E-state index is 9.33. The quantitative estimate of drug-likeness (QED) is 0.656. The fraction of sp³-hybridized carbons (Fsp3) is 1.00. The molecule has 1 N–H and O–H groups in total. The molecule has 0 aromatic carbocycles. The first kappa shape index (κ1) is 7.56. The van der Waals surface area contributed by atoms with Crippen LogP contribution in [0.1, 0.15) is 38.5 Å². The largest absolute Gasteiger partial charge is 0.393 e. The lowest BCUT2D eigenvalue weighted by molar-refractivity contribution is -0.0228. The third-order valence-corrected chi connectivity index (χ3v) is 2.51. The summed E-state index contributed by atoms with van der Waals surface area (Å²) in [4.78, 5) is 0. The van der Waals surface area contributed by atoms with E-state index in [1.54, 1.807) is 0 Å². The van der Waals surface area contributed by atoms with E-state index in [0.717, 1.165) is 25.7 Å². The molecule has 0 amide bonds. The second kappa shape index (κ2) is 3.11. The first-order valence-electron chi connectivity index (χ1n) is 4.68. The molecule has 0 bridgehead atoms. The van der Waals surface area contributed by atoms with Gasteiger partial charge in [0.15, 0.2) is 0 Å². The van der Waals surface area contributed by atoms with Gasteiger partial charge in [-0.3, -0.25) is 0 Å². The zero-order chi connectivity index (χ0) is 7.68. The van der Waals surface area contributed by atoms with Crippen LogP contribution in [0.5, 0.6) is 0 Å². The van der Waals surface area contributed by atoms with E-state index < -0.39 is 0 Å². The zero-order valence-electron chi connectivity index (χ0n) is 6.83. The van der Waals surface area contributed by atoms with Gasteiger partial charge in [0.2, 0.25) is 0 Å². The molecule has 2 saturated carbocycles. The molecule has 2 fully saturated rings. The predicted molar refractivity (Wildman–Crippen MR) is 42.4 cm³/mol. The van der Waals surface area contributed by atoms with Crippen LogP contribution in [0.2, 0.25) is 0 Å². The SMILES string of the molecule is OC1CCCC(OC2CC2)C1. The van der Waals surface area contributed by atoms with Gasteiger partial charge in [0.05, 0.1) is 18.3 Å². The predicted octanol–water partition coefficient (Wildman–Crippen LogP) is 1.47. The fourth-order valence-electron chi connectivity index (χ4n) is 1.72. The molecule has 0 spiro atoms. The van der Waals surface area contributed by atoms with Gasteiger partial charge in [0.1, 0.15) is 0 Å². The smallest absolute Gasteiger partial charge is 0.0603 e. The minimum Gasteiger partial charge on any atom is -0.393 e.